The van der Waals surface area contributed by atoms with E-state index in [2.05, 4.69) is 42.8 Å². The highest BCUT2D eigenvalue weighted by Gasteiger charge is 2.31. The molecule has 3 rings (SSSR count). The predicted octanol–water partition coefficient (Wildman–Crippen LogP) is 5.92. The van der Waals surface area contributed by atoms with E-state index in [4.69, 9.17) is 9.72 Å². The maximum atomic E-state index is 11.5. The molecule has 32 heavy (non-hydrogen) atoms. The zero-order chi connectivity index (χ0) is 24.0. The van der Waals surface area contributed by atoms with Crippen LogP contribution in [-0.2, 0) is 17.6 Å². The second kappa shape index (κ2) is 11.6. The van der Waals surface area contributed by atoms with Gasteiger partial charge in [-0.05, 0) is 94.8 Å². The molecule has 1 unspecified atom stereocenters. The van der Waals surface area contributed by atoms with Crippen LogP contribution in [0.15, 0.2) is 18.2 Å². The fourth-order valence-electron chi connectivity index (χ4n) is 4.04. The molecule has 1 aromatic carbocycles. The number of pyridine rings is 1. The Morgan fingerprint density at radius 3 is 2.41 bits per heavy atom. The molecule has 0 radical (unpaired) electrons. The summed E-state index contributed by atoms with van der Waals surface area (Å²) >= 11 is 2.63. The van der Waals surface area contributed by atoms with E-state index in [1.54, 1.807) is 13.2 Å². The number of rotatable bonds is 7. The molecule has 0 aliphatic heterocycles. The van der Waals surface area contributed by atoms with Gasteiger partial charge in [0.1, 0.15) is 6.10 Å². The Morgan fingerprint density at radius 1 is 1.31 bits per heavy atom. The lowest BCUT2D eigenvalue weighted by atomic mass is 9.84. The lowest BCUT2D eigenvalue weighted by Crippen LogP contribution is -2.16. The largest absolute Gasteiger partial charge is 0.481 e. The number of hydrogen-bond acceptors (Lipinski definition) is 5. The van der Waals surface area contributed by atoms with Gasteiger partial charge in [-0.15, -0.1) is 0 Å². The molecule has 0 amide bonds. The number of aliphatic hydroxyl groups excluding tert-OH is 1. The Morgan fingerprint density at radius 2 is 1.94 bits per heavy atom. The van der Waals surface area contributed by atoms with Crippen molar-refractivity contribution in [2.24, 2.45) is 5.92 Å². The summed E-state index contributed by atoms with van der Waals surface area (Å²) in [5.74, 6) is 1.45. The van der Waals surface area contributed by atoms with Crippen molar-refractivity contribution in [3.63, 3.8) is 0 Å². The van der Waals surface area contributed by atoms with Crippen molar-refractivity contribution in [2.45, 2.75) is 72.3 Å². The minimum absolute atomic E-state index is 0.0208. The van der Waals surface area contributed by atoms with Gasteiger partial charge < -0.3 is 9.84 Å². The normalized spacial score (nSPS) is 13.8. The standard InChI is InChI=1S/C24H30N2O2.C2H3BrO/c1-6-20-19(12-16-7-8-16)22(21(14(2)3)24(26-20)28-5)23(27)18-10-15(4)9-17(11-18)13-25;1-2(3)4/h9-11,14,16,23,27H,6-8,12H2,1-5H3;1H3. The molecule has 6 heteroatoms. The first-order valence-corrected chi connectivity index (χ1v) is 11.9. The van der Waals surface area contributed by atoms with Crippen LogP contribution in [0.1, 0.15) is 91.6 Å². The predicted molar refractivity (Wildman–Crippen MR) is 130 cm³/mol. The van der Waals surface area contributed by atoms with Gasteiger partial charge in [0.2, 0.25) is 5.88 Å². The zero-order valence-corrected chi connectivity index (χ0v) is 21.4. The van der Waals surface area contributed by atoms with Crippen molar-refractivity contribution in [2.75, 3.05) is 7.11 Å². The van der Waals surface area contributed by atoms with Crippen molar-refractivity contribution >= 4 is 20.6 Å². The average molecular weight is 501 g/mol. The molecule has 1 aliphatic rings. The van der Waals surface area contributed by atoms with E-state index in [9.17, 15) is 15.2 Å². The van der Waals surface area contributed by atoms with E-state index < -0.39 is 6.10 Å². The summed E-state index contributed by atoms with van der Waals surface area (Å²) in [6, 6.07) is 7.81. The number of methoxy groups -OCH3 is 1. The Kier molecular flexibility index (Phi) is 9.42. The number of aryl methyl sites for hydroxylation is 2. The summed E-state index contributed by atoms with van der Waals surface area (Å²) in [7, 11) is 1.64. The molecule has 1 aromatic heterocycles. The molecule has 1 fully saturated rings. The van der Waals surface area contributed by atoms with Crippen LogP contribution in [0.5, 0.6) is 5.88 Å². The number of aromatic nitrogens is 1. The summed E-state index contributed by atoms with van der Waals surface area (Å²) in [5.41, 5.74) is 6.38. The topological polar surface area (TPSA) is 83.2 Å². The van der Waals surface area contributed by atoms with Crippen LogP contribution in [0.3, 0.4) is 0 Å². The van der Waals surface area contributed by atoms with Crippen LogP contribution in [0, 0.1) is 24.2 Å². The van der Waals surface area contributed by atoms with E-state index in [0.29, 0.717) is 17.4 Å². The monoisotopic (exact) mass is 500 g/mol. The molecule has 1 N–H and O–H groups in total. The van der Waals surface area contributed by atoms with E-state index >= 15 is 0 Å². The summed E-state index contributed by atoms with van der Waals surface area (Å²) in [6.45, 7) is 9.72. The molecule has 2 aromatic rings. The molecular formula is C26H33BrN2O3. The third kappa shape index (κ3) is 6.63. The lowest BCUT2D eigenvalue weighted by Gasteiger charge is -2.26. The van der Waals surface area contributed by atoms with Crippen molar-refractivity contribution in [3.05, 3.63) is 57.3 Å². The SMILES string of the molecule is CC(=O)Br.CCc1nc(OC)c(C(C)C)c(C(O)c2cc(C)cc(C#N)c2)c1CC1CC1. The molecule has 0 spiro atoms. The Balaban J connectivity index is 0.000000837. The summed E-state index contributed by atoms with van der Waals surface area (Å²) in [6.07, 6.45) is 3.42. The molecule has 1 atom stereocenters. The third-order valence-electron chi connectivity index (χ3n) is 5.54. The molecule has 1 saturated carbocycles. The van der Waals surface area contributed by atoms with E-state index in [-0.39, 0.29) is 10.6 Å². The van der Waals surface area contributed by atoms with Gasteiger partial charge in [-0.1, -0.05) is 26.8 Å². The molecule has 5 nitrogen and oxygen atoms in total. The number of carbonyl (C=O) groups is 1. The maximum absolute atomic E-state index is 11.5. The van der Waals surface area contributed by atoms with Crippen molar-refractivity contribution in [1.82, 2.24) is 4.98 Å². The van der Waals surface area contributed by atoms with Crippen molar-refractivity contribution in [3.8, 4) is 11.9 Å². The fourth-order valence-corrected chi connectivity index (χ4v) is 4.04. The van der Waals surface area contributed by atoms with Gasteiger partial charge in [-0.25, -0.2) is 4.98 Å². The number of aliphatic hydroxyl groups is 1. The fraction of sp³-hybridized carbons (Fsp3) is 0.500. The van der Waals surface area contributed by atoms with Crippen LogP contribution >= 0.6 is 15.9 Å². The number of hydrogen-bond donors (Lipinski definition) is 1. The van der Waals surface area contributed by atoms with Gasteiger partial charge in [-0.3, -0.25) is 4.79 Å². The van der Waals surface area contributed by atoms with E-state index in [1.165, 1.54) is 25.3 Å². The Hall–Kier alpha value is -2.23. The molecule has 1 aliphatic carbocycles. The number of nitrogens with zero attached hydrogens (tertiary/aromatic N) is 2. The third-order valence-corrected chi connectivity index (χ3v) is 5.54. The first kappa shape index (κ1) is 26.0. The zero-order valence-electron chi connectivity index (χ0n) is 19.8. The summed E-state index contributed by atoms with van der Waals surface area (Å²) in [5, 5.41) is 20.9. The molecule has 0 bridgehead atoms. The smallest absolute Gasteiger partial charge is 0.217 e. The van der Waals surface area contributed by atoms with Gasteiger partial charge in [0, 0.05) is 18.2 Å². The number of benzene rings is 1. The lowest BCUT2D eigenvalue weighted by molar-refractivity contribution is -0.108. The first-order valence-electron chi connectivity index (χ1n) is 11.1. The average Bonchev–Trinajstić information content (AvgIpc) is 3.55. The number of ether oxygens (including phenoxy) is 1. The highest BCUT2D eigenvalue weighted by Crippen LogP contribution is 2.42. The first-order chi connectivity index (χ1) is 15.1. The number of halogens is 1. The second-order valence-corrected chi connectivity index (χ2v) is 9.76. The molecular weight excluding hydrogens is 468 g/mol. The number of nitriles is 1. The van der Waals surface area contributed by atoms with Crippen LogP contribution in [0.25, 0.3) is 0 Å². The van der Waals surface area contributed by atoms with E-state index in [1.807, 2.05) is 19.1 Å². The number of carbonyl (C=O) groups excluding carboxylic acids is 1. The minimum Gasteiger partial charge on any atom is -0.481 e. The molecule has 172 valence electrons. The highest BCUT2D eigenvalue weighted by molar-refractivity contribution is 9.18. The van der Waals surface area contributed by atoms with Crippen LogP contribution in [0.2, 0.25) is 0 Å². The van der Waals surface area contributed by atoms with Gasteiger partial charge in [-0.2, -0.15) is 5.26 Å². The highest BCUT2D eigenvalue weighted by atomic mass is 79.9. The molecule has 0 saturated heterocycles. The quantitative estimate of drug-likeness (QED) is 0.477. The Bertz CT molecular complexity index is 1000. The van der Waals surface area contributed by atoms with Crippen LogP contribution in [-0.4, -0.2) is 21.9 Å². The van der Waals surface area contributed by atoms with Crippen LogP contribution in [0.4, 0.5) is 0 Å². The second-order valence-electron chi connectivity index (χ2n) is 8.65. The van der Waals surface area contributed by atoms with Gasteiger partial charge >= 0.3 is 0 Å². The Labute approximate surface area is 200 Å². The van der Waals surface area contributed by atoms with Gasteiger partial charge in [0.25, 0.3) is 0 Å². The van der Waals surface area contributed by atoms with Crippen molar-refractivity contribution in [1.29, 1.82) is 5.26 Å². The summed E-state index contributed by atoms with van der Waals surface area (Å²) in [4.78, 5) is 14.2. The van der Waals surface area contributed by atoms with Crippen molar-refractivity contribution < 1.29 is 14.6 Å². The van der Waals surface area contributed by atoms with Gasteiger partial charge in [0.15, 0.2) is 4.69 Å². The summed E-state index contributed by atoms with van der Waals surface area (Å²) < 4.78 is 5.62. The maximum Gasteiger partial charge on any atom is 0.217 e. The van der Waals surface area contributed by atoms with E-state index in [0.717, 1.165) is 40.8 Å². The van der Waals surface area contributed by atoms with Gasteiger partial charge in [0.05, 0.1) is 18.7 Å². The van der Waals surface area contributed by atoms with Crippen LogP contribution < -0.4 is 4.74 Å². The molecule has 1 heterocycles. The minimum atomic E-state index is -0.805.